The number of carbonyl (C=O) groups is 2. The third-order valence-electron chi connectivity index (χ3n) is 5.16. The van der Waals surface area contributed by atoms with Crippen molar-refractivity contribution in [1.82, 2.24) is 9.88 Å². The molecule has 0 spiro atoms. The SMILES string of the molecule is CCOc1ccccc1-c1nc(CC(=O)N2CSCC2C(=O)Nc2ccc(OC)cc2)cs1. The van der Waals surface area contributed by atoms with Gasteiger partial charge in [0.15, 0.2) is 0 Å². The van der Waals surface area contributed by atoms with E-state index >= 15 is 0 Å². The molecule has 1 fully saturated rings. The van der Waals surface area contributed by atoms with Gasteiger partial charge in [-0.05, 0) is 43.3 Å². The van der Waals surface area contributed by atoms with E-state index in [1.807, 2.05) is 36.6 Å². The van der Waals surface area contributed by atoms with Crippen molar-refractivity contribution < 1.29 is 19.1 Å². The van der Waals surface area contributed by atoms with Crippen LogP contribution in [0, 0.1) is 0 Å². The van der Waals surface area contributed by atoms with Crippen molar-refractivity contribution in [3.63, 3.8) is 0 Å². The van der Waals surface area contributed by atoms with Crippen LogP contribution in [0.25, 0.3) is 10.6 Å². The molecule has 1 aromatic heterocycles. The van der Waals surface area contributed by atoms with Crippen LogP contribution in [0.1, 0.15) is 12.6 Å². The normalized spacial score (nSPS) is 15.3. The smallest absolute Gasteiger partial charge is 0.248 e. The summed E-state index contributed by atoms with van der Waals surface area (Å²) in [6.07, 6.45) is 0.153. The van der Waals surface area contributed by atoms with Crippen molar-refractivity contribution in [3.8, 4) is 22.1 Å². The van der Waals surface area contributed by atoms with Crippen molar-refractivity contribution in [3.05, 3.63) is 59.6 Å². The van der Waals surface area contributed by atoms with Crippen molar-refractivity contribution in [2.45, 2.75) is 19.4 Å². The minimum Gasteiger partial charge on any atom is -0.497 e. The Morgan fingerprint density at radius 3 is 2.73 bits per heavy atom. The summed E-state index contributed by atoms with van der Waals surface area (Å²) in [5.41, 5.74) is 2.27. The highest BCUT2D eigenvalue weighted by atomic mass is 32.2. The lowest BCUT2D eigenvalue weighted by Crippen LogP contribution is -2.45. The first-order chi connectivity index (χ1) is 16.1. The largest absolute Gasteiger partial charge is 0.497 e. The molecular formula is C24H25N3O4S2. The fourth-order valence-corrected chi connectivity index (χ4v) is 5.53. The van der Waals surface area contributed by atoms with Crippen LogP contribution in [-0.2, 0) is 16.0 Å². The minimum atomic E-state index is -0.513. The highest BCUT2D eigenvalue weighted by molar-refractivity contribution is 7.99. The minimum absolute atomic E-state index is 0.107. The summed E-state index contributed by atoms with van der Waals surface area (Å²) in [6, 6.07) is 14.4. The van der Waals surface area contributed by atoms with Crippen molar-refractivity contribution >= 4 is 40.6 Å². The predicted octanol–water partition coefficient (Wildman–Crippen LogP) is 4.30. The number of methoxy groups -OCH3 is 1. The number of nitrogens with zero attached hydrogens (tertiary/aromatic N) is 2. The number of aromatic nitrogens is 1. The summed E-state index contributed by atoms with van der Waals surface area (Å²) < 4.78 is 10.8. The fraction of sp³-hybridized carbons (Fsp3) is 0.292. The van der Waals surface area contributed by atoms with Gasteiger partial charge in [-0.25, -0.2) is 4.98 Å². The lowest BCUT2D eigenvalue weighted by Gasteiger charge is -2.23. The molecule has 4 rings (SSSR count). The van der Waals surface area contributed by atoms with E-state index in [0.717, 1.165) is 16.3 Å². The van der Waals surface area contributed by atoms with Crippen LogP contribution in [0.3, 0.4) is 0 Å². The van der Waals surface area contributed by atoms with Crippen molar-refractivity contribution in [1.29, 1.82) is 0 Å². The number of carbonyl (C=O) groups excluding carboxylic acids is 2. The molecule has 1 saturated heterocycles. The number of anilines is 1. The molecule has 3 aromatic rings. The van der Waals surface area contributed by atoms with Crippen molar-refractivity contribution in [2.75, 3.05) is 30.7 Å². The molecule has 0 radical (unpaired) electrons. The van der Waals surface area contributed by atoms with E-state index in [1.165, 1.54) is 11.3 Å². The van der Waals surface area contributed by atoms with Gasteiger partial charge in [-0.1, -0.05) is 12.1 Å². The summed E-state index contributed by atoms with van der Waals surface area (Å²) >= 11 is 3.06. The van der Waals surface area contributed by atoms with Gasteiger partial charge in [-0.2, -0.15) is 0 Å². The topological polar surface area (TPSA) is 80.8 Å². The Hall–Kier alpha value is -3.04. The number of para-hydroxylation sites is 1. The van der Waals surface area contributed by atoms with E-state index in [4.69, 9.17) is 9.47 Å². The van der Waals surface area contributed by atoms with Crippen molar-refractivity contribution in [2.24, 2.45) is 0 Å². The monoisotopic (exact) mass is 483 g/mol. The third kappa shape index (κ3) is 5.48. The Morgan fingerprint density at radius 2 is 1.97 bits per heavy atom. The summed E-state index contributed by atoms with van der Waals surface area (Å²) in [7, 11) is 1.59. The number of benzene rings is 2. The van der Waals surface area contributed by atoms with E-state index < -0.39 is 6.04 Å². The molecule has 0 aliphatic carbocycles. The lowest BCUT2D eigenvalue weighted by molar-refractivity contribution is -0.135. The standard InChI is InChI=1S/C24H25N3O4S2/c1-3-31-21-7-5-4-6-19(21)24-26-17(13-33-24)12-22(28)27-15-32-14-20(27)23(29)25-16-8-10-18(30-2)11-9-16/h4-11,13,20H,3,12,14-15H2,1-2H3,(H,25,29). The summed E-state index contributed by atoms with van der Waals surface area (Å²) in [4.78, 5) is 32.2. The number of amides is 2. The van der Waals surface area contributed by atoms with Gasteiger partial charge in [-0.3, -0.25) is 9.59 Å². The Morgan fingerprint density at radius 1 is 1.18 bits per heavy atom. The molecule has 172 valence electrons. The zero-order valence-electron chi connectivity index (χ0n) is 18.4. The van der Waals surface area contributed by atoms with Crippen LogP contribution in [0.5, 0.6) is 11.5 Å². The van der Waals surface area contributed by atoms with Gasteiger partial charge in [0, 0.05) is 16.8 Å². The van der Waals surface area contributed by atoms with Gasteiger partial charge in [0.1, 0.15) is 22.5 Å². The molecule has 1 aliphatic rings. The first-order valence-corrected chi connectivity index (χ1v) is 12.6. The first kappa shape index (κ1) is 23.1. The van der Waals surface area contributed by atoms with Crippen LogP contribution in [-0.4, -0.2) is 53.1 Å². The molecule has 1 N–H and O–H groups in total. The molecule has 9 heteroatoms. The second-order valence-electron chi connectivity index (χ2n) is 7.35. The van der Waals surface area contributed by atoms with Gasteiger partial charge in [0.25, 0.3) is 0 Å². The average molecular weight is 484 g/mol. The number of hydrogen-bond donors (Lipinski definition) is 1. The maximum atomic E-state index is 13.0. The van der Waals surface area contributed by atoms with E-state index in [1.54, 1.807) is 48.0 Å². The number of nitrogens with one attached hydrogen (secondary N) is 1. The summed E-state index contributed by atoms with van der Waals surface area (Å²) in [5.74, 6) is 2.25. The number of hydrogen-bond acceptors (Lipinski definition) is 7. The lowest BCUT2D eigenvalue weighted by atomic mass is 10.2. The molecule has 2 aromatic carbocycles. The molecule has 7 nitrogen and oxygen atoms in total. The van der Waals surface area contributed by atoms with E-state index in [0.29, 0.717) is 35.4 Å². The van der Waals surface area contributed by atoms with Crippen LogP contribution in [0.15, 0.2) is 53.9 Å². The second kappa shape index (κ2) is 10.7. The van der Waals surface area contributed by atoms with Crippen LogP contribution in [0.4, 0.5) is 5.69 Å². The zero-order chi connectivity index (χ0) is 23.2. The van der Waals surface area contributed by atoms with Crippen LogP contribution >= 0.6 is 23.1 Å². The molecule has 1 atom stereocenters. The van der Waals surface area contributed by atoms with E-state index in [2.05, 4.69) is 10.3 Å². The fourth-order valence-electron chi connectivity index (χ4n) is 3.50. The van der Waals surface area contributed by atoms with Gasteiger partial charge < -0.3 is 19.7 Å². The Bertz CT molecular complexity index is 1120. The van der Waals surface area contributed by atoms with Crippen LogP contribution in [0.2, 0.25) is 0 Å². The van der Waals surface area contributed by atoms with Gasteiger partial charge in [0.05, 0.1) is 37.3 Å². The highest BCUT2D eigenvalue weighted by Crippen LogP contribution is 2.32. The Labute approximate surface area is 201 Å². The molecule has 1 aliphatic heterocycles. The molecule has 33 heavy (non-hydrogen) atoms. The molecule has 0 saturated carbocycles. The summed E-state index contributed by atoms with van der Waals surface area (Å²) in [5, 5.41) is 5.60. The number of ether oxygens (including phenoxy) is 2. The second-order valence-corrected chi connectivity index (χ2v) is 9.20. The maximum absolute atomic E-state index is 13.0. The van der Waals surface area contributed by atoms with Gasteiger partial charge in [0.2, 0.25) is 11.8 Å². The molecular weight excluding hydrogens is 458 g/mol. The Kier molecular flexibility index (Phi) is 7.51. The van der Waals surface area contributed by atoms with Gasteiger partial charge in [-0.15, -0.1) is 23.1 Å². The number of thiazole rings is 1. The third-order valence-corrected chi connectivity index (χ3v) is 7.10. The van der Waals surface area contributed by atoms with Gasteiger partial charge >= 0.3 is 0 Å². The zero-order valence-corrected chi connectivity index (χ0v) is 20.1. The quantitative estimate of drug-likeness (QED) is 0.515. The first-order valence-electron chi connectivity index (χ1n) is 10.6. The number of thioether (sulfide) groups is 1. The number of rotatable bonds is 8. The maximum Gasteiger partial charge on any atom is 0.248 e. The molecule has 2 amide bonds. The van der Waals surface area contributed by atoms with E-state index in [9.17, 15) is 9.59 Å². The average Bonchev–Trinajstić information content (AvgIpc) is 3.50. The Balaban J connectivity index is 1.41. The summed E-state index contributed by atoms with van der Waals surface area (Å²) in [6.45, 7) is 2.51. The highest BCUT2D eigenvalue weighted by Gasteiger charge is 2.34. The molecule has 1 unspecified atom stereocenters. The van der Waals surface area contributed by atoms with E-state index in [-0.39, 0.29) is 18.2 Å². The van der Waals surface area contributed by atoms with Crippen LogP contribution < -0.4 is 14.8 Å². The molecule has 2 heterocycles. The molecule has 0 bridgehead atoms. The predicted molar refractivity (Wildman–Crippen MR) is 132 cm³/mol.